The predicted octanol–water partition coefficient (Wildman–Crippen LogP) is 0.619. The Kier molecular flexibility index (Phi) is 5.43. The predicted molar refractivity (Wildman–Crippen MR) is 99.0 cm³/mol. The third-order valence-corrected chi connectivity index (χ3v) is 5.67. The molecule has 0 fully saturated rings. The highest BCUT2D eigenvalue weighted by Gasteiger charge is 2.33. The fourth-order valence-electron chi connectivity index (χ4n) is 3.05. The third kappa shape index (κ3) is 4.25. The summed E-state index contributed by atoms with van der Waals surface area (Å²) in [6.07, 6.45) is 1.44. The second kappa shape index (κ2) is 7.61. The number of hydrogen-bond donors (Lipinski definition) is 5. The standard InChI is InChI=1S/C16H20N5O5P/c17-16-19-14-13(15(23)20-16)18-9-21(14)7-10(8-22)6-12(27(24,25)26)11-4-2-1-3-5-11/h1-5,9-10,12,22H,6-8H2,(H2,24,25,26)(H3,17,19,20,23)/t10-,12+/m1/s1. The topological polar surface area (TPSA) is 167 Å². The Hall–Kier alpha value is -2.52. The molecule has 10 nitrogen and oxygen atoms in total. The third-order valence-electron chi connectivity index (χ3n) is 4.35. The van der Waals surface area contributed by atoms with Crippen molar-refractivity contribution in [2.75, 3.05) is 12.3 Å². The molecule has 2 atom stereocenters. The van der Waals surface area contributed by atoms with Gasteiger partial charge in [0.1, 0.15) is 0 Å². The van der Waals surface area contributed by atoms with Gasteiger partial charge in [0.25, 0.3) is 5.56 Å². The van der Waals surface area contributed by atoms with E-state index in [9.17, 15) is 24.3 Å². The molecule has 3 aromatic rings. The van der Waals surface area contributed by atoms with Crippen molar-refractivity contribution in [3.63, 3.8) is 0 Å². The molecule has 0 unspecified atom stereocenters. The lowest BCUT2D eigenvalue weighted by Crippen LogP contribution is -2.19. The molecular formula is C16H20N5O5P. The molecular weight excluding hydrogens is 373 g/mol. The molecule has 0 amide bonds. The minimum absolute atomic E-state index is 0.0448. The van der Waals surface area contributed by atoms with Crippen LogP contribution in [0, 0.1) is 5.92 Å². The van der Waals surface area contributed by atoms with Crippen molar-refractivity contribution >= 4 is 24.7 Å². The van der Waals surface area contributed by atoms with E-state index >= 15 is 0 Å². The first-order valence-electron chi connectivity index (χ1n) is 8.21. The molecule has 1 aromatic carbocycles. The number of nitrogen functional groups attached to an aromatic ring is 1. The molecule has 11 heteroatoms. The van der Waals surface area contributed by atoms with E-state index in [1.54, 1.807) is 34.9 Å². The fourth-order valence-corrected chi connectivity index (χ4v) is 4.18. The number of aliphatic hydroxyl groups excluding tert-OH is 1. The first-order chi connectivity index (χ1) is 12.8. The number of fused-ring (bicyclic) bond motifs is 1. The Morgan fingerprint density at radius 1 is 1.26 bits per heavy atom. The van der Waals surface area contributed by atoms with Gasteiger partial charge in [-0.1, -0.05) is 30.3 Å². The highest BCUT2D eigenvalue weighted by Crippen LogP contribution is 2.54. The van der Waals surface area contributed by atoms with Crippen molar-refractivity contribution in [1.82, 2.24) is 19.5 Å². The van der Waals surface area contributed by atoms with E-state index in [4.69, 9.17) is 5.73 Å². The summed E-state index contributed by atoms with van der Waals surface area (Å²) in [6, 6.07) is 8.46. The van der Waals surface area contributed by atoms with Crippen molar-refractivity contribution in [2.45, 2.75) is 18.6 Å². The summed E-state index contributed by atoms with van der Waals surface area (Å²) in [5.41, 5.74) is 4.90. The average Bonchev–Trinajstić information content (AvgIpc) is 3.01. The van der Waals surface area contributed by atoms with E-state index in [2.05, 4.69) is 15.0 Å². The molecule has 2 aromatic heterocycles. The normalized spacial score (nSPS) is 14.3. The molecule has 27 heavy (non-hydrogen) atoms. The van der Waals surface area contributed by atoms with Crippen LogP contribution in [-0.2, 0) is 11.1 Å². The lowest BCUT2D eigenvalue weighted by atomic mass is 9.99. The number of aromatic nitrogens is 4. The zero-order chi connectivity index (χ0) is 19.6. The Morgan fingerprint density at radius 2 is 1.96 bits per heavy atom. The molecule has 0 aliphatic carbocycles. The van der Waals surface area contributed by atoms with Crippen LogP contribution in [0.15, 0.2) is 41.5 Å². The number of aromatic amines is 1. The Labute approximate surface area is 153 Å². The van der Waals surface area contributed by atoms with E-state index in [0.29, 0.717) is 5.56 Å². The maximum atomic E-state index is 12.0. The number of rotatable bonds is 7. The molecule has 0 saturated carbocycles. The number of nitrogens with one attached hydrogen (secondary N) is 1. The summed E-state index contributed by atoms with van der Waals surface area (Å²) in [5, 5.41) is 9.77. The SMILES string of the molecule is Nc1nc2c(ncn2C[C@H](CO)C[C@@H](c2ccccc2)P(=O)(O)O)c(=O)[nH]1. The molecule has 0 saturated heterocycles. The number of nitrogens with zero attached hydrogens (tertiary/aromatic N) is 3. The number of benzene rings is 1. The molecule has 2 heterocycles. The van der Waals surface area contributed by atoms with Gasteiger partial charge in [-0.15, -0.1) is 0 Å². The number of hydrogen-bond acceptors (Lipinski definition) is 6. The van der Waals surface area contributed by atoms with Crippen LogP contribution in [-0.4, -0.2) is 41.0 Å². The van der Waals surface area contributed by atoms with Crippen LogP contribution in [0.1, 0.15) is 17.6 Å². The second-order valence-electron chi connectivity index (χ2n) is 6.32. The maximum Gasteiger partial charge on any atom is 0.332 e. The van der Waals surface area contributed by atoms with Gasteiger partial charge in [-0.05, 0) is 12.0 Å². The van der Waals surface area contributed by atoms with E-state index in [-0.39, 0.29) is 36.7 Å². The molecule has 0 spiro atoms. The molecule has 0 aliphatic rings. The number of H-pyrrole nitrogens is 1. The monoisotopic (exact) mass is 393 g/mol. The van der Waals surface area contributed by atoms with Crippen LogP contribution < -0.4 is 11.3 Å². The largest absolute Gasteiger partial charge is 0.396 e. The van der Waals surface area contributed by atoms with Crippen LogP contribution in [0.25, 0.3) is 11.2 Å². The highest BCUT2D eigenvalue weighted by molar-refractivity contribution is 7.52. The molecule has 0 bridgehead atoms. The summed E-state index contributed by atoms with van der Waals surface area (Å²) in [7, 11) is -4.45. The van der Waals surface area contributed by atoms with Crippen LogP contribution in [0.3, 0.4) is 0 Å². The van der Waals surface area contributed by atoms with Gasteiger partial charge < -0.3 is 25.2 Å². The first-order valence-corrected chi connectivity index (χ1v) is 9.89. The number of imidazole rings is 1. The minimum atomic E-state index is -4.45. The summed E-state index contributed by atoms with van der Waals surface area (Å²) in [4.78, 5) is 41.8. The van der Waals surface area contributed by atoms with Crippen LogP contribution in [0.5, 0.6) is 0 Å². The first kappa shape index (κ1) is 19.2. The Bertz CT molecular complexity index is 1030. The number of anilines is 1. The quantitative estimate of drug-likeness (QED) is 0.364. The van der Waals surface area contributed by atoms with E-state index in [0.717, 1.165) is 0 Å². The van der Waals surface area contributed by atoms with Crippen LogP contribution in [0.4, 0.5) is 5.95 Å². The molecule has 3 rings (SSSR count). The Morgan fingerprint density at radius 3 is 2.59 bits per heavy atom. The Balaban J connectivity index is 1.89. The van der Waals surface area contributed by atoms with Crippen LogP contribution in [0.2, 0.25) is 0 Å². The summed E-state index contributed by atoms with van der Waals surface area (Å²) < 4.78 is 13.6. The van der Waals surface area contributed by atoms with Gasteiger partial charge in [-0.25, -0.2) is 4.98 Å². The molecule has 6 N–H and O–H groups in total. The van der Waals surface area contributed by atoms with Crippen LogP contribution >= 0.6 is 7.60 Å². The van der Waals surface area contributed by atoms with Gasteiger partial charge in [-0.3, -0.25) is 14.3 Å². The zero-order valence-corrected chi connectivity index (χ0v) is 15.2. The van der Waals surface area contributed by atoms with Crippen molar-refractivity contribution in [2.24, 2.45) is 5.92 Å². The van der Waals surface area contributed by atoms with Gasteiger partial charge in [0.2, 0.25) is 5.95 Å². The second-order valence-corrected chi connectivity index (χ2v) is 8.12. The van der Waals surface area contributed by atoms with Gasteiger partial charge in [0, 0.05) is 19.1 Å². The lowest BCUT2D eigenvalue weighted by Gasteiger charge is -2.24. The number of aliphatic hydroxyl groups is 1. The van der Waals surface area contributed by atoms with Gasteiger partial charge in [-0.2, -0.15) is 4.98 Å². The van der Waals surface area contributed by atoms with Crippen molar-refractivity contribution in [3.05, 3.63) is 52.6 Å². The van der Waals surface area contributed by atoms with Gasteiger partial charge in [0.05, 0.1) is 12.0 Å². The average molecular weight is 393 g/mol. The maximum absolute atomic E-state index is 12.0. The van der Waals surface area contributed by atoms with Crippen molar-refractivity contribution in [1.29, 1.82) is 0 Å². The van der Waals surface area contributed by atoms with E-state index in [1.807, 2.05) is 0 Å². The van der Waals surface area contributed by atoms with Crippen molar-refractivity contribution in [3.8, 4) is 0 Å². The number of nitrogens with two attached hydrogens (primary N) is 1. The molecule has 0 radical (unpaired) electrons. The molecule has 0 aliphatic heterocycles. The summed E-state index contributed by atoms with van der Waals surface area (Å²) >= 11 is 0. The smallest absolute Gasteiger partial charge is 0.332 e. The van der Waals surface area contributed by atoms with Crippen molar-refractivity contribution < 1.29 is 19.5 Å². The summed E-state index contributed by atoms with van der Waals surface area (Å²) in [6.45, 7) is -0.131. The van der Waals surface area contributed by atoms with Gasteiger partial charge in [0.15, 0.2) is 11.2 Å². The molecule has 144 valence electrons. The lowest BCUT2D eigenvalue weighted by molar-refractivity contribution is 0.198. The fraction of sp³-hybridized carbons (Fsp3) is 0.312. The minimum Gasteiger partial charge on any atom is -0.396 e. The van der Waals surface area contributed by atoms with E-state index < -0.39 is 24.7 Å². The van der Waals surface area contributed by atoms with Gasteiger partial charge >= 0.3 is 7.60 Å². The summed E-state index contributed by atoms with van der Waals surface area (Å²) in [5.74, 6) is -0.560. The zero-order valence-electron chi connectivity index (χ0n) is 14.3. The highest BCUT2D eigenvalue weighted by atomic mass is 31.2. The van der Waals surface area contributed by atoms with E-state index in [1.165, 1.54) is 6.33 Å².